The van der Waals surface area contributed by atoms with Crippen LogP contribution < -0.4 is 5.32 Å². The number of benzene rings is 1. The number of nitrogens with zero attached hydrogens (tertiary/aromatic N) is 4. The topological polar surface area (TPSA) is 83.3 Å². The largest absolute Gasteiger partial charge is 0.393 e. The first-order valence-corrected chi connectivity index (χ1v) is 8.71. The van der Waals surface area contributed by atoms with E-state index in [1.165, 1.54) is 6.33 Å². The van der Waals surface area contributed by atoms with Crippen molar-refractivity contribution in [2.75, 3.05) is 7.05 Å². The first kappa shape index (κ1) is 17.4. The van der Waals surface area contributed by atoms with Gasteiger partial charge in [0.15, 0.2) is 0 Å². The van der Waals surface area contributed by atoms with Crippen molar-refractivity contribution in [3.63, 3.8) is 0 Å². The highest BCUT2D eigenvalue weighted by atomic mass is 16.3. The maximum absolute atomic E-state index is 12.5. The van der Waals surface area contributed by atoms with Gasteiger partial charge in [0.1, 0.15) is 12.7 Å². The molecule has 134 valence electrons. The lowest BCUT2D eigenvalue weighted by molar-refractivity contribution is 0.115. The van der Waals surface area contributed by atoms with Crippen LogP contribution in [0.1, 0.15) is 44.2 Å². The highest BCUT2D eigenvalue weighted by molar-refractivity contribution is 5.74. The number of hydrogen-bond donors (Lipinski definition) is 2. The van der Waals surface area contributed by atoms with E-state index in [0.29, 0.717) is 0 Å². The van der Waals surface area contributed by atoms with Crippen molar-refractivity contribution in [2.24, 2.45) is 0 Å². The molecule has 1 fully saturated rings. The Morgan fingerprint density at radius 1 is 1.28 bits per heavy atom. The summed E-state index contributed by atoms with van der Waals surface area (Å²) in [5.74, 6) is 0. The van der Waals surface area contributed by atoms with Crippen molar-refractivity contribution < 1.29 is 9.90 Å². The lowest BCUT2D eigenvalue weighted by atomic mass is 9.93. The first-order chi connectivity index (χ1) is 12.0. The number of aliphatic hydroxyl groups excluding tert-OH is 1. The molecule has 2 amide bonds. The van der Waals surface area contributed by atoms with Crippen LogP contribution in [-0.2, 0) is 0 Å². The lowest BCUT2D eigenvalue weighted by Crippen LogP contribution is -2.45. The van der Waals surface area contributed by atoms with Gasteiger partial charge >= 0.3 is 6.03 Å². The van der Waals surface area contributed by atoms with Crippen LogP contribution in [0.3, 0.4) is 0 Å². The SMILES string of the molecule is C[C@@H](c1ccc(-n2cncn2)cc1)N(C)C(=O)NC1CCC(O)CC1. The minimum atomic E-state index is -0.215. The standard InChI is InChI=1S/C18H25N5O2/c1-13(14-3-7-16(8-4-14)23-12-19-11-20-23)22(2)18(25)21-15-5-9-17(24)10-6-15/h3-4,7-8,11-13,15,17,24H,5-6,9-10H2,1-2H3,(H,21,25)/t13-,15?,17?/m0/s1. The second kappa shape index (κ2) is 7.65. The van der Waals surface area contributed by atoms with Crippen molar-refractivity contribution in [3.8, 4) is 5.69 Å². The van der Waals surface area contributed by atoms with E-state index in [4.69, 9.17) is 0 Å². The molecule has 1 saturated carbocycles. The summed E-state index contributed by atoms with van der Waals surface area (Å²) in [5, 5.41) is 16.7. The Kier molecular flexibility index (Phi) is 5.33. The van der Waals surface area contributed by atoms with Crippen LogP contribution in [0.4, 0.5) is 4.79 Å². The second-order valence-corrected chi connectivity index (χ2v) is 6.67. The van der Waals surface area contributed by atoms with Gasteiger partial charge in [-0.1, -0.05) is 12.1 Å². The molecule has 2 aromatic rings. The number of hydrogen-bond acceptors (Lipinski definition) is 4. The minimum Gasteiger partial charge on any atom is -0.393 e. The van der Waals surface area contributed by atoms with E-state index >= 15 is 0 Å². The van der Waals surface area contributed by atoms with E-state index in [1.54, 1.807) is 15.9 Å². The van der Waals surface area contributed by atoms with Crippen LogP contribution in [0.15, 0.2) is 36.9 Å². The maximum atomic E-state index is 12.5. The molecule has 2 N–H and O–H groups in total. The Bertz CT molecular complexity index is 678. The number of amides is 2. The molecular formula is C18H25N5O2. The number of nitrogens with one attached hydrogen (secondary N) is 1. The molecule has 0 radical (unpaired) electrons. The molecule has 1 aromatic carbocycles. The van der Waals surface area contributed by atoms with E-state index in [2.05, 4.69) is 15.4 Å². The fraction of sp³-hybridized carbons (Fsp3) is 0.500. The predicted octanol–water partition coefficient (Wildman–Crippen LogP) is 2.27. The normalized spacial score (nSPS) is 21.6. The van der Waals surface area contributed by atoms with E-state index in [-0.39, 0.29) is 24.2 Å². The van der Waals surface area contributed by atoms with Gasteiger partial charge in [-0.05, 0) is 50.3 Å². The molecule has 7 heteroatoms. The third kappa shape index (κ3) is 4.17. The van der Waals surface area contributed by atoms with Gasteiger partial charge in [-0.3, -0.25) is 0 Å². The molecular weight excluding hydrogens is 318 g/mol. The average molecular weight is 343 g/mol. The van der Waals surface area contributed by atoms with Gasteiger partial charge in [0.05, 0.1) is 17.8 Å². The van der Waals surface area contributed by atoms with Crippen LogP contribution >= 0.6 is 0 Å². The van der Waals surface area contributed by atoms with Gasteiger partial charge in [0.25, 0.3) is 0 Å². The third-order valence-corrected chi connectivity index (χ3v) is 4.98. The summed E-state index contributed by atoms with van der Waals surface area (Å²) >= 11 is 0. The highest BCUT2D eigenvalue weighted by Gasteiger charge is 2.24. The highest BCUT2D eigenvalue weighted by Crippen LogP contribution is 2.22. The van der Waals surface area contributed by atoms with Crippen LogP contribution in [0.5, 0.6) is 0 Å². The van der Waals surface area contributed by atoms with Gasteiger partial charge in [0.2, 0.25) is 0 Å². The molecule has 1 atom stereocenters. The summed E-state index contributed by atoms with van der Waals surface area (Å²) in [6.45, 7) is 2.01. The maximum Gasteiger partial charge on any atom is 0.317 e. The molecule has 0 bridgehead atoms. The Morgan fingerprint density at radius 2 is 1.96 bits per heavy atom. The molecule has 0 aliphatic heterocycles. The van der Waals surface area contributed by atoms with Gasteiger partial charge in [-0.25, -0.2) is 14.5 Å². The summed E-state index contributed by atoms with van der Waals surface area (Å²) in [5.41, 5.74) is 1.99. The second-order valence-electron chi connectivity index (χ2n) is 6.67. The summed E-state index contributed by atoms with van der Waals surface area (Å²) in [4.78, 5) is 18.2. The molecule has 7 nitrogen and oxygen atoms in total. The molecule has 1 aliphatic rings. The minimum absolute atomic E-state index is 0.0426. The number of rotatable bonds is 4. The Hall–Kier alpha value is -2.41. The third-order valence-electron chi connectivity index (χ3n) is 4.98. The zero-order chi connectivity index (χ0) is 17.8. The van der Waals surface area contributed by atoms with Crippen molar-refractivity contribution in [3.05, 3.63) is 42.5 Å². The zero-order valence-electron chi connectivity index (χ0n) is 14.7. The summed E-state index contributed by atoms with van der Waals surface area (Å²) in [6.07, 6.45) is 6.12. The quantitative estimate of drug-likeness (QED) is 0.892. The number of carbonyl (C=O) groups is 1. The Balaban J connectivity index is 1.59. The van der Waals surface area contributed by atoms with Gasteiger partial charge < -0.3 is 15.3 Å². The molecule has 1 heterocycles. The van der Waals surface area contributed by atoms with Crippen LogP contribution in [0.2, 0.25) is 0 Å². The van der Waals surface area contributed by atoms with Crippen molar-refractivity contribution >= 4 is 6.03 Å². The average Bonchev–Trinajstić information content (AvgIpc) is 3.17. The molecule has 3 rings (SSSR count). The molecule has 0 saturated heterocycles. The van der Waals surface area contributed by atoms with Crippen LogP contribution in [0.25, 0.3) is 5.69 Å². The van der Waals surface area contributed by atoms with E-state index in [9.17, 15) is 9.90 Å². The van der Waals surface area contributed by atoms with Crippen LogP contribution in [-0.4, -0.2) is 50.0 Å². The monoisotopic (exact) mass is 343 g/mol. The predicted molar refractivity (Wildman–Crippen MR) is 94.3 cm³/mol. The molecule has 0 spiro atoms. The van der Waals surface area contributed by atoms with Crippen molar-refractivity contribution in [1.29, 1.82) is 0 Å². The number of urea groups is 1. The van der Waals surface area contributed by atoms with E-state index in [0.717, 1.165) is 36.9 Å². The number of aromatic nitrogens is 3. The summed E-state index contributed by atoms with van der Waals surface area (Å²) < 4.78 is 1.70. The van der Waals surface area contributed by atoms with E-state index < -0.39 is 0 Å². The molecule has 25 heavy (non-hydrogen) atoms. The van der Waals surface area contributed by atoms with Crippen LogP contribution in [0, 0.1) is 0 Å². The van der Waals surface area contributed by atoms with Crippen molar-refractivity contribution in [2.45, 2.75) is 50.8 Å². The van der Waals surface area contributed by atoms with Gasteiger partial charge in [-0.15, -0.1) is 0 Å². The van der Waals surface area contributed by atoms with Gasteiger partial charge in [-0.2, -0.15) is 5.10 Å². The van der Waals surface area contributed by atoms with Gasteiger partial charge in [0, 0.05) is 13.1 Å². The van der Waals surface area contributed by atoms with E-state index in [1.807, 2.05) is 38.2 Å². The molecule has 1 aliphatic carbocycles. The fourth-order valence-electron chi connectivity index (χ4n) is 3.14. The number of carbonyl (C=O) groups excluding carboxylic acids is 1. The lowest BCUT2D eigenvalue weighted by Gasteiger charge is -2.31. The Morgan fingerprint density at radius 3 is 2.56 bits per heavy atom. The number of aliphatic hydroxyl groups is 1. The molecule has 1 aromatic heterocycles. The fourth-order valence-corrected chi connectivity index (χ4v) is 3.14. The Labute approximate surface area is 147 Å². The molecule has 0 unspecified atom stereocenters. The summed E-state index contributed by atoms with van der Waals surface area (Å²) in [6, 6.07) is 7.97. The summed E-state index contributed by atoms with van der Waals surface area (Å²) in [7, 11) is 1.81. The van der Waals surface area contributed by atoms with Crippen molar-refractivity contribution in [1.82, 2.24) is 25.0 Å². The zero-order valence-corrected chi connectivity index (χ0v) is 14.7. The smallest absolute Gasteiger partial charge is 0.317 e. The first-order valence-electron chi connectivity index (χ1n) is 8.71.